The van der Waals surface area contributed by atoms with Crippen LogP contribution in [0.1, 0.15) is 57.9 Å². The van der Waals surface area contributed by atoms with E-state index >= 15 is 0 Å². The third-order valence-corrected chi connectivity index (χ3v) is 8.57. The van der Waals surface area contributed by atoms with Crippen LogP contribution in [0.15, 0.2) is 18.2 Å². The highest BCUT2D eigenvalue weighted by Gasteiger charge is 2.48. The Balaban J connectivity index is 1.50. The molecule has 0 bridgehead atoms. The quantitative estimate of drug-likeness (QED) is 0.571. The molecular weight excluding hydrogens is 489 g/mol. The molecule has 1 aromatic rings. The highest BCUT2D eigenvalue weighted by atomic mass is 35.5. The van der Waals surface area contributed by atoms with Crippen LogP contribution in [-0.4, -0.2) is 76.5 Å². The SMILES string of the molecule is CC(C)CN(C(=O)O)[C@@H]1CN(C(=O)C2CCN(C(=O)C3(C)CC3)CC2)C[C@H]1c1ccc(Cl)c(Cl)c1. The lowest BCUT2D eigenvalue weighted by molar-refractivity contribution is -0.142. The minimum atomic E-state index is -0.983. The molecule has 4 rings (SSSR count). The molecule has 35 heavy (non-hydrogen) atoms. The number of benzene rings is 1. The number of carbonyl (C=O) groups is 3. The summed E-state index contributed by atoms with van der Waals surface area (Å²) in [5.74, 6) is 0.0791. The third-order valence-electron chi connectivity index (χ3n) is 7.83. The number of piperidine rings is 1. The minimum absolute atomic E-state index is 0.0529. The molecule has 0 aromatic heterocycles. The van der Waals surface area contributed by atoms with Crippen molar-refractivity contribution in [1.82, 2.24) is 14.7 Å². The summed E-state index contributed by atoms with van der Waals surface area (Å²) < 4.78 is 0. The van der Waals surface area contributed by atoms with Gasteiger partial charge < -0.3 is 19.8 Å². The molecule has 7 nitrogen and oxygen atoms in total. The topological polar surface area (TPSA) is 81.2 Å². The second-order valence-electron chi connectivity index (χ2n) is 11.0. The Morgan fingerprint density at radius 2 is 1.74 bits per heavy atom. The van der Waals surface area contributed by atoms with E-state index in [1.807, 2.05) is 36.6 Å². The van der Waals surface area contributed by atoms with E-state index in [1.165, 1.54) is 4.90 Å². The van der Waals surface area contributed by atoms with Gasteiger partial charge in [-0.05, 0) is 49.3 Å². The van der Waals surface area contributed by atoms with Crippen LogP contribution in [0.25, 0.3) is 0 Å². The van der Waals surface area contributed by atoms with Gasteiger partial charge in [0.15, 0.2) is 0 Å². The Morgan fingerprint density at radius 3 is 2.29 bits per heavy atom. The number of halogens is 2. The van der Waals surface area contributed by atoms with Crippen molar-refractivity contribution in [1.29, 1.82) is 0 Å². The summed E-state index contributed by atoms with van der Waals surface area (Å²) >= 11 is 12.4. The fourth-order valence-corrected chi connectivity index (χ4v) is 5.78. The van der Waals surface area contributed by atoms with Crippen LogP contribution in [0.3, 0.4) is 0 Å². The molecule has 1 aliphatic carbocycles. The molecule has 3 aliphatic rings. The van der Waals surface area contributed by atoms with Gasteiger partial charge in [-0.1, -0.05) is 50.0 Å². The normalized spacial score (nSPS) is 24.1. The van der Waals surface area contributed by atoms with E-state index in [0.29, 0.717) is 55.6 Å². The highest BCUT2D eigenvalue weighted by molar-refractivity contribution is 6.42. The molecule has 2 saturated heterocycles. The standard InChI is InChI=1S/C26H35Cl2N3O4/c1-16(2)13-31(25(34)35)22-15-30(14-19(22)18-4-5-20(27)21(28)12-18)23(32)17-6-10-29(11-7-17)24(33)26(3)8-9-26/h4-5,12,16-17,19,22H,6-11,13-15H2,1-3H3,(H,34,35)/t19-,22+/m0/s1. The third kappa shape index (κ3) is 5.56. The summed E-state index contributed by atoms with van der Waals surface area (Å²) in [6.07, 6.45) is 2.21. The van der Waals surface area contributed by atoms with Crippen LogP contribution in [-0.2, 0) is 9.59 Å². The number of hydrogen-bond donors (Lipinski definition) is 1. The van der Waals surface area contributed by atoms with Gasteiger partial charge in [-0.15, -0.1) is 0 Å². The van der Waals surface area contributed by atoms with Gasteiger partial charge >= 0.3 is 6.09 Å². The lowest BCUT2D eigenvalue weighted by Gasteiger charge is -2.35. The van der Waals surface area contributed by atoms with Gasteiger partial charge in [0.1, 0.15) is 0 Å². The molecule has 3 amide bonds. The Hall–Kier alpha value is -1.99. The van der Waals surface area contributed by atoms with Gasteiger partial charge in [0.2, 0.25) is 11.8 Å². The zero-order chi connectivity index (χ0) is 25.5. The predicted molar refractivity (Wildman–Crippen MR) is 136 cm³/mol. The van der Waals surface area contributed by atoms with Crippen LogP contribution in [0.2, 0.25) is 10.0 Å². The van der Waals surface area contributed by atoms with Crippen LogP contribution in [0, 0.1) is 17.3 Å². The summed E-state index contributed by atoms with van der Waals surface area (Å²) in [6.45, 7) is 8.36. The van der Waals surface area contributed by atoms with E-state index in [2.05, 4.69) is 0 Å². The lowest BCUT2D eigenvalue weighted by Crippen LogP contribution is -2.47. The summed E-state index contributed by atoms with van der Waals surface area (Å²) in [5, 5.41) is 10.9. The second kappa shape index (κ2) is 10.2. The molecular formula is C26H35Cl2N3O4. The number of nitrogens with zero attached hydrogens (tertiary/aromatic N) is 3. The van der Waals surface area contributed by atoms with Crippen molar-refractivity contribution in [2.24, 2.45) is 17.3 Å². The van der Waals surface area contributed by atoms with Gasteiger partial charge in [-0.3, -0.25) is 9.59 Å². The number of hydrogen-bond acceptors (Lipinski definition) is 3. The number of rotatable bonds is 6. The van der Waals surface area contributed by atoms with Crippen molar-refractivity contribution in [3.05, 3.63) is 33.8 Å². The summed E-state index contributed by atoms with van der Waals surface area (Å²) in [4.78, 5) is 43.7. The maximum atomic E-state index is 13.6. The number of amides is 3. The number of carbonyl (C=O) groups excluding carboxylic acids is 2. The van der Waals surface area contributed by atoms with E-state index in [9.17, 15) is 19.5 Å². The average molecular weight is 524 g/mol. The van der Waals surface area contributed by atoms with Crippen molar-refractivity contribution in [2.75, 3.05) is 32.7 Å². The molecule has 9 heteroatoms. The summed E-state index contributed by atoms with van der Waals surface area (Å²) in [7, 11) is 0. The monoisotopic (exact) mass is 523 g/mol. The predicted octanol–water partition coefficient (Wildman–Crippen LogP) is 4.96. The van der Waals surface area contributed by atoms with E-state index < -0.39 is 6.09 Å². The summed E-state index contributed by atoms with van der Waals surface area (Å²) in [5.41, 5.74) is 0.691. The van der Waals surface area contributed by atoms with Gasteiger partial charge in [-0.25, -0.2) is 4.79 Å². The first-order chi connectivity index (χ1) is 16.5. The molecule has 1 N–H and O–H groups in total. The van der Waals surface area contributed by atoms with Crippen LogP contribution >= 0.6 is 23.2 Å². The zero-order valence-corrected chi connectivity index (χ0v) is 22.2. The van der Waals surface area contributed by atoms with E-state index in [0.717, 1.165) is 18.4 Å². The Labute approximate surface area is 217 Å². The molecule has 0 spiro atoms. The average Bonchev–Trinajstić information content (AvgIpc) is 3.42. The van der Waals surface area contributed by atoms with Crippen LogP contribution < -0.4 is 0 Å². The maximum absolute atomic E-state index is 13.6. The van der Waals surface area contributed by atoms with Crippen LogP contribution in [0.4, 0.5) is 4.79 Å². The van der Waals surface area contributed by atoms with Gasteiger partial charge in [0.05, 0.1) is 16.1 Å². The highest BCUT2D eigenvalue weighted by Crippen LogP contribution is 2.47. The van der Waals surface area contributed by atoms with E-state index in [-0.39, 0.29) is 41.0 Å². The Morgan fingerprint density at radius 1 is 1.09 bits per heavy atom. The molecule has 1 aromatic carbocycles. The largest absolute Gasteiger partial charge is 0.465 e. The van der Waals surface area contributed by atoms with Crippen molar-refractivity contribution >= 4 is 41.1 Å². The fourth-order valence-electron chi connectivity index (χ4n) is 5.47. The van der Waals surface area contributed by atoms with E-state index in [4.69, 9.17) is 23.2 Å². The Kier molecular flexibility index (Phi) is 7.58. The number of carboxylic acid groups (broad SMARTS) is 1. The van der Waals surface area contributed by atoms with Gasteiger partial charge in [-0.2, -0.15) is 0 Å². The lowest BCUT2D eigenvalue weighted by atomic mass is 9.92. The maximum Gasteiger partial charge on any atom is 0.407 e. The Bertz CT molecular complexity index is 989. The fraction of sp³-hybridized carbons (Fsp3) is 0.654. The summed E-state index contributed by atoms with van der Waals surface area (Å²) in [6, 6.07) is 5.01. The minimum Gasteiger partial charge on any atom is -0.465 e. The molecule has 3 fully saturated rings. The molecule has 2 heterocycles. The molecule has 192 valence electrons. The molecule has 2 aliphatic heterocycles. The first kappa shape index (κ1) is 26.1. The smallest absolute Gasteiger partial charge is 0.407 e. The second-order valence-corrected chi connectivity index (χ2v) is 11.9. The van der Waals surface area contributed by atoms with Gasteiger partial charge in [0, 0.05) is 50.0 Å². The van der Waals surface area contributed by atoms with Gasteiger partial charge in [0.25, 0.3) is 0 Å². The molecule has 1 saturated carbocycles. The number of likely N-dealkylation sites (tertiary alicyclic amines) is 2. The van der Waals surface area contributed by atoms with Crippen LogP contribution in [0.5, 0.6) is 0 Å². The first-order valence-corrected chi connectivity index (χ1v) is 13.3. The van der Waals surface area contributed by atoms with Crippen molar-refractivity contribution in [3.8, 4) is 0 Å². The van der Waals surface area contributed by atoms with Crippen molar-refractivity contribution in [2.45, 2.75) is 58.4 Å². The van der Waals surface area contributed by atoms with Crippen molar-refractivity contribution < 1.29 is 19.5 Å². The molecule has 0 unspecified atom stereocenters. The molecule has 2 atom stereocenters. The zero-order valence-electron chi connectivity index (χ0n) is 20.7. The van der Waals surface area contributed by atoms with Crippen molar-refractivity contribution in [3.63, 3.8) is 0 Å². The molecule has 0 radical (unpaired) electrons. The van der Waals surface area contributed by atoms with E-state index in [1.54, 1.807) is 12.1 Å². The first-order valence-electron chi connectivity index (χ1n) is 12.5.